The first-order chi connectivity index (χ1) is 13.7. The highest BCUT2D eigenvalue weighted by molar-refractivity contribution is 5.92. The average molecular weight is 408 g/mol. The third-order valence-electron chi connectivity index (χ3n) is 4.30. The lowest BCUT2D eigenvalue weighted by molar-refractivity contribution is -0.137. The van der Waals surface area contributed by atoms with E-state index >= 15 is 0 Å². The number of benzene rings is 2. The van der Waals surface area contributed by atoms with Crippen LogP contribution in [0.2, 0.25) is 0 Å². The fourth-order valence-corrected chi connectivity index (χ4v) is 2.35. The van der Waals surface area contributed by atoms with E-state index in [-0.39, 0.29) is 30.7 Å². The number of amides is 2. The first kappa shape index (κ1) is 22.3. The van der Waals surface area contributed by atoms with Crippen molar-refractivity contribution >= 4 is 17.5 Å². The maximum absolute atomic E-state index is 12.5. The molecule has 0 aliphatic carbocycles. The minimum atomic E-state index is -4.42. The Bertz CT molecular complexity index is 836. The summed E-state index contributed by atoms with van der Waals surface area (Å²) in [6, 6.07) is 11.2. The van der Waals surface area contributed by atoms with E-state index in [2.05, 4.69) is 10.6 Å². The third kappa shape index (κ3) is 7.14. The molecular weight excluding hydrogens is 385 g/mol. The van der Waals surface area contributed by atoms with Gasteiger partial charge in [-0.2, -0.15) is 13.2 Å². The van der Waals surface area contributed by atoms with Crippen molar-refractivity contribution in [2.24, 2.45) is 5.92 Å². The van der Waals surface area contributed by atoms with Gasteiger partial charge >= 0.3 is 6.18 Å². The molecule has 29 heavy (non-hydrogen) atoms. The highest BCUT2D eigenvalue weighted by atomic mass is 19.4. The molecule has 0 saturated carbocycles. The lowest BCUT2D eigenvalue weighted by Gasteiger charge is -2.12. The van der Waals surface area contributed by atoms with E-state index < -0.39 is 17.6 Å². The van der Waals surface area contributed by atoms with Gasteiger partial charge < -0.3 is 15.4 Å². The maximum Gasteiger partial charge on any atom is 0.416 e. The minimum absolute atomic E-state index is 0.0707. The van der Waals surface area contributed by atoms with E-state index in [1.807, 2.05) is 13.8 Å². The van der Waals surface area contributed by atoms with Gasteiger partial charge in [0.15, 0.2) is 6.61 Å². The molecule has 1 unspecified atom stereocenters. The molecule has 2 aromatic carbocycles. The van der Waals surface area contributed by atoms with E-state index in [9.17, 15) is 22.8 Å². The average Bonchev–Trinajstić information content (AvgIpc) is 2.70. The third-order valence-corrected chi connectivity index (χ3v) is 4.30. The van der Waals surface area contributed by atoms with Crippen LogP contribution < -0.4 is 15.4 Å². The summed E-state index contributed by atoms with van der Waals surface area (Å²) in [5.74, 6) is -0.416. The van der Waals surface area contributed by atoms with Gasteiger partial charge in [0.05, 0.1) is 5.56 Å². The van der Waals surface area contributed by atoms with Crippen LogP contribution in [0, 0.1) is 5.92 Å². The van der Waals surface area contributed by atoms with E-state index in [4.69, 9.17) is 4.74 Å². The normalized spacial score (nSPS) is 12.2. The Morgan fingerprint density at radius 1 is 1.10 bits per heavy atom. The fourth-order valence-electron chi connectivity index (χ4n) is 2.35. The molecule has 0 aliphatic rings. The molecule has 0 heterocycles. The molecular formula is C21H23F3N2O3. The monoisotopic (exact) mass is 408 g/mol. The van der Waals surface area contributed by atoms with Gasteiger partial charge in [-0.25, -0.2) is 0 Å². The van der Waals surface area contributed by atoms with Crippen LogP contribution in [-0.4, -0.2) is 18.4 Å². The summed E-state index contributed by atoms with van der Waals surface area (Å²) in [6.45, 7) is 3.68. The van der Waals surface area contributed by atoms with Gasteiger partial charge in [0.25, 0.3) is 5.91 Å². The molecule has 0 spiro atoms. The van der Waals surface area contributed by atoms with Crippen molar-refractivity contribution in [2.75, 3.05) is 11.9 Å². The Kier molecular flexibility index (Phi) is 7.64. The van der Waals surface area contributed by atoms with Crippen LogP contribution in [0.25, 0.3) is 0 Å². The van der Waals surface area contributed by atoms with Crippen LogP contribution in [0.5, 0.6) is 5.75 Å². The molecule has 1 atom stereocenters. The van der Waals surface area contributed by atoms with Gasteiger partial charge in [-0.3, -0.25) is 9.59 Å². The number of carbonyl (C=O) groups excluding carboxylic acids is 2. The van der Waals surface area contributed by atoms with E-state index in [0.717, 1.165) is 24.1 Å². The molecule has 156 valence electrons. The molecule has 0 aromatic heterocycles. The highest BCUT2D eigenvalue weighted by Gasteiger charge is 2.30. The molecule has 5 nitrogen and oxygen atoms in total. The van der Waals surface area contributed by atoms with Crippen molar-refractivity contribution in [1.82, 2.24) is 5.32 Å². The minimum Gasteiger partial charge on any atom is -0.484 e. The van der Waals surface area contributed by atoms with E-state index in [1.54, 1.807) is 24.3 Å². The summed E-state index contributed by atoms with van der Waals surface area (Å²) >= 11 is 0. The summed E-state index contributed by atoms with van der Waals surface area (Å²) in [5.41, 5.74) is 0.646. The summed E-state index contributed by atoms with van der Waals surface area (Å²) in [5, 5.41) is 5.49. The number of hydrogen-bond acceptors (Lipinski definition) is 3. The Balaban J connectivity index is 1.82. The molecule has 2 rings (SSSR count). The number of ether oxygens (including phenoxy) is 1. The summed E-state index contributed by atoms with van der Waals surface area (Å²) in [7, 11) is 0. The summed E-state index contributed by atoms with van der Waals surface area (Å²) in [6.07, 6.45) is -3.68. The van der Waals surface area contributed by atoms with Crippen LogP contribution in [0.3, 0.4) is 0 Å². The molecule has 0 aliphatic heterocycles. The number of halogens is 3. The van der Waals surface area contributed by atoms with Crippen molar-refractivity contribution in [2.45, 2.75) is 33.0 Å². The molecule has 0 bridgehead atoms. The Labute approximate surface area is 167 Å². The Morgan fingerprint density at radius 2 is 1.79 bits per heavy atom. The number of nitrogens with one attached hydrogen (secondary N) is 2. The maximum atomic E-state index is 12.5. The predicted molar refractivity (Wildman–Crippen MR) is 103 cm³/mol. The number of rotatable bonds is 8. The van der Waals surface area contributed by atoms with Gasteiger partial charge in [0.2, 0.25) is 5.91 Å². The Hall–Kier alpha value is -3.03. The smallest absolute Gasteiger partial charge is 0.416 e. The lowest BCUT2D eigenvalue weighted by Crippen LogP contribution is -2.28. The zero-order valence-electron chi connectivity index (χ0n) is 16.2. The zero-order chi connectivity index (χ0) is 21.4. The first-order valence-electron chi connectivity index (χ1n) is 9.15. The second-order valence-corrected chi connectivity index (χ2v) is 6.59. The number of carbonyl (C=O) groups is 2. The van der Waals surface area contributed by atoms with Gasteiger partial charge in [-0.15, -0.1) is 0 Å². The van der Waals surface area contributed by atoms with Crippen LogP contribution in [0.15, 0.2) is 48.5 Å². The summed E-state index contributed by atoms with van der Waals surface area (Å²) in [4.78, 5) is 23.9. The van der Waals surface area contributed by atoms with Crippen molar-refractivity contribution in [1.29, 1.82) is 0 Å². The first-order valence-corrected chi connectivity index (χ1v) is 9.15. The van der Waals surface area contributed by atoms with Crippen LogP contribution in [0.1, 0.15) is 31.4 Å². The molecule has 2 aromatic rings. The molecule has 0 fully saturated rings. The molecule has 0 saturated heterocycles. The quantitative estimate of drug-likeness (QED) is 0.681. The summed E-state index contributed by atoms with van der Waals surface area (Å²) < 4.78 is 42.8. The molecule has 2 N–H and O–H groups in total. The highest BCUT2D eigenvalue weighted by Crippen LogP contribution is 2.30. The standard InChI is InChI=1S/C21H23F3N2O3/c1-3-14(2)20(28)26-17-6-4-5-15(11-17)12-25-19(27)13-29-18-9-7-16(8-10-18)21(22,23)24/h4-11,14H,3,12-13H2,1-2H3,(H,25,27)(H,26,28). The van der Waals surface area contributed by atoms with Crippen molar-refractivity contribution in [3.63, 3.8) is 0 Å². The van der Waals surface area contributed by atoms with Crippen LogP contribution in [0.4, 0.5) is 18.9 Å². The van der Waals surface area contributed by atoms with Crippen molar-refractivity contribution < 1.29 is 27.5 Å². The van der Waals surface area contributed by atoms with E-state index in [0.29, 0.717) is 5.69 Å². The molecule has 8 heteroatoms. The number of alkyl halides is 3. The van der Waals surface area contributed by atoms with Crippen LogP contribution >= 0.6 is 0 Å². The second kappa shape index (κ2) is 9.95. The van der Waals surface area contributed by atoms with Crippen molar-refractivity contribution in [3.05, 3.63) is 59.7 Å². The lowest BCUT2D eigenvalue weighted by atomic mass is 10.1. The van der Waals surface area contributed by atoms with Crippen LogP contribution in [-0.2, 0) is 22.3 Å². The second-order valence-electron chi connectivity index (χ2n) is 6.59. The molecule has 2 amide bonds. The topological polar surface area (TPSA) is 67.4 Å². The Morgan fingerprint density at radius 3 is 2.41 bits per heavy atom. The molecule has 0 radical (unpaired) electrons. The van der Waals surface area contributed by atoms with Gasteiger partial charge in [-0.05, 0) is 48.4 Å². The van der Waals surface area contributed by atoms with Crippen molar-refractivity contribution in [3.8, 4) is 5.75 Å². The zero-order valence-corrected chi connectivity index (χ0v) is 16.2. The number of anilines is 1. The van der Waals surface area contributed by atoms with Gasteiger partial charge in [0, 0.05) is 18.2 Å². The van der Waals surface area contributed by atoms with Gasteiger partial charge in [0.1, 0.15) is 5.75 Å². The largest absolute Gasteiger partial charge is 0.484 e. The van der Waals surface area contributed by atoms with Gasteiger partial charge in [-0.1, -0.05) is 26.0 Å². The SMILES string of the molecule is CCC(C)C(=O)Nc1cccc(CNC(=O)COc2ccc(C(F)(F)F)cc2)c1. The predicted octanol–water partition coefficient (Wildman–Crippen LogP) is 4.39. The fraction of sp³-hybridized carbons (Fsp3) is 0.333. The number of hydrogen-bond donors (Lipinski definition) is 2. The van der Waals surface area contributed by atoms with E-state index in [1.165, 1.54) is 12.1 Å².